The SMILES string of the molecule is CCCCCCCCNC(=O)NCCCC(=O)O. The number of carboxylic acid groups (broad SMARTS) is 1. The second-order valence-electron chi connectivity index (χ2n) is 4.45. The lowest BCUT2D eigenvalue weighted by Gasteiger charge is -2.06. The van der Waals surface area contributed by atoms with Gasteiger partial charge in [0.1, 0.15) is 0 Å². The molecule has 0 bridgehead atoms. The summed E-state index contributed by atoms with van der Waals surface area (Å²) in [4.78, 5) is 21.5. The monoisotopic (exact) mass is 258 g/mol. The van der Waals surface area contributed by atoms with Crippen LogP contribution in [0, 0.1) is 0 Å². The van der Waals surface area contributed by atoms with E-state index in [0.717, 1.165) is 12.8 Å². The molecule has 0 radical (unpaired) electrons. The van der Waals surface area contributed by atoms with Gasteiger partial charge in [-0.05, 0) is 12.8 Å². The lowest BCUT2D eigenvalue weighted by atomic mass is 10.1. The van der Waals surface area contributed by atoms with E-state index in [1.165, 1.54) is 25.7 Å². The molecule has 0 fully saturated rings. The molecule has 0 rings (SSSR count). The van der Waals surface area contributed by atoms with Crippen molar-refractivity contribution in [2.45, 2.75) is 58.3 Å². The van der Waals surface area contributed by atoms with Gasteiger partial charge in [-0.1, -0.05) is 39.0 Å². The molecule has 2 amide bonds. The number of carbonyl (C=O) groups excluding carboxylic acids is 1. The highest BCUT2D eigenvalue weighted by Crippen LogP contribution is 2.03. The topological polar surface area (TPSA) is 78.4 Å². The summed E-state index contributed by atoms with van der Waals surface area (Å²) < 4.78 is 0. The number of carbonyl (C=O) groups is 2. The van der Waals surface area contributed by atoms with Gasteiger partial charge in [-0.2, -0.15) is 0 Å². The maximum atomic E-state index is 11.3. The van der Waals surface area contributed by atoms with Gasteiger partial charge >= 0.3 is 12.0 Å². The Labute approximate surface area is 109 Å². The Balaban J connectivity index is 3.19. The molecule has 106 valence electrons. The van der Waals surface area contributed by atoms with E-state index in [9.17, 15) is 9.59 Å². The molecule has 0 saturated heterocycles. The van der Waals surface area contributed by atoms with E-state index < -0.39 is 5.97 Å². The van der Waals surface area contributed by atoms with Gasteiger partial charge in [-0.3, -0.25) is 4.79 Å². The smallest absolute Gasteiger partial charge is 0.314 e. The van der Waals surface area contributed by atoms with Crippen LogP contribution in [0.2, 0.25) is 0 Å². The Bertz CT molecular complexity index is 232. The van der Waals surface area contributed by atoms with E-state index in [2.05, 4.69) is 17.6 Å². The average Bonchev–Trinajstić information content (AvgIpc) is 2.33. The molecule has 3 N–H and O–H groups in total. The van der Waals surface area contributed by atoms with Gasteiger partial charge in [0.15, 0.2) is 0 Å². The Morgan fingerprint density at radius 2 is 1.44 bits per heavy atom. The average molecular weight is 258 g/mol. The van der Waals surface area contributed by atoms with Crippen molar-refractivity contribution < 1.29 is 14.7 Å². The zero-order valence-corrected chi connectivity index (χ0v) is 11.3. The van der Waals surface area contributed by atoms with Crippen molar-refractivity contribution in [1.82, 2.24) is 10.6 Å². The molecule has 0 aliphatic heterocycles. The van der Waals surface area contributed by atoms with Crippen molar-refractivity contribution in [3.63, 3.8) is 0 Å². The van der Waals surface area contributed by atoms with Crippen LogP contribution in [0.3, 0.4) is 0 Å². The van der Waals surface area contributed by atoms with E-state index in [1.54, 1.807) is 0 Å². The third-order valence-electron chi connectivity index (χ3n) is 2.67. The molecule has 18 heavy (non-hydrogen) atoms. The molecular weight excluding hydrogens is 232 g/mol. The summed E-state index contributed by atoms with van der Waals surface area (Å²) in [5.74, 6) is -0.829. The number of carboxylic acids is 1. The number of nitrogens with one attached hydrogen (secondary N) is 2. The Morgan fingerprint density at radius 1 is 0.889 bits per heavy atom. The fourth-order valence-corrected chi connectivity index (χ4v) is 1.61. The van der Waals surface area contributed by atoms with Gasteiger partial charge in [0.25, 0.3) is 0 Å². The molecule has 0 aliphatic carbocycles. The van der Waals surface area contributed by atoms with Crippen LogP contribution in [0.25, 0.3) is 0 Å². The van der Waals surface area contributed by atoms with Gasteiger partial charge in [-0.25, -0.2) is 4.79 Å². The van der Waals surface area contributed by atoms with Crippen LogP contribution in [0.1, 0.15) is 58.3 Å². The summed E-state index contributed by atoms with van der Waals surface area (Å²) in [7, 11) is 0. The Hall–Kier alpha value is -1.26. The van der Waals surface area contributed by atoms with Crippen LogP contribution in [-0.4, -0.2) is 30.2 Å². The van der Waals surface area contributed by atoms with Crippen molar-refractivity contribution in [3.8, 4) is 0 Å². The first-order chi connectivity index (χ1) is 8.66. The normalized spacial score (nSPS) is 10.1. The second-order valence-corrected chi connectivity index (χ2v) is 4.45. The Morgan fingerprint density at radius 3 is 2.06 bits per heavy atom. The summed E-state index contributed by atoms with van der Waals surface area (Å²) in [6.07, 6.45) is 7.77. The van der Waals surface area contributed by atoms with Crippen LogP contribution < -0.4 is 10.6 Å². The minimum absolute atomic E-state index is 0.0949. The lowest BCUT2D eigenvalue weighted by molar-refractivity contribution is -0.137. The summed E-state index contributed by atoms with van der Waals surface area (Å²) in [5, 5.41) is 13.8. The summed E-state index contributed by atoms with van der Waals surface area (Å²) >= 11 is 0. The summed E-state index contributed by atoms with van der Waals surface area (Å²) in [5.41, 5.74) is 0. The number of rotatable bonds is 11. The maximum absolute atomic E-state index is 11.3. The first-order valence-electron chi connectivity index (χ1n) is 6.90. The van der Waals surface area contributed by atoms with Crippen LogP contribution in [0.4, 0.5) is 4.79 Å². The number of hydrogen-bond donors (Lipinski definition) is 3. The Kier molecular flexibility index (Phi) is 11.3. The molecule has 5 heteroatoms. The predicted molar refractivity (Wildman–Crippen MR) is 71.6 cm³/mol. The standard InChI is InChI=1S/C13H26N2O3/c1-2-3-4-5-6-7-10-14-13(18)15-11-8-9-12(16)17/h2-11H2,1H3,(H,16,17)(H2,14,15,18). The molecule has 0 aromatic heterocycles. The fourth-order valence-electron chi connectivity index (χ4n) is 1.61. The molecule has 5 nitrogen and oxygen atoms in total. The van der Waals surface area contributed by atoms with E-state index in [0.29, 0.717) is 19.5 Å². The lowest BCUT2D eigenvalue weighted by Crippen LogP contribution is -2.36. The summed E-state index contributed by atoms with van der Waals surface area (Å²) in [6, 6.07) is -0.200. The zero-order valence-electron chi connectivity index (χ0n) is 11.3. The summed E-state index contributed by atoms with van der Waals surface area (Å²) in [6.45, 7) is 3.29. The van der Waals surface area contributed by atoms with Gasteiger partial charge in [0.05, 0.1) is 0 Å². The third-order valence-corrected chi connectivity index (χ3v) is 2.67. The van der Waals surface area contributed by atoms with Gasteiger partial charge in [0, 0.05) is 19.5 Å². The largest absolute Gasteiger partial charge is 0.481 e. The van der Waals surface area contributed by atoms with Crippen LogP contribution in [-0.2, 0) is 4.79 Å². The van der Waals surface area contributed by atoms with Crippen molar-refractivity contribution in [2.75, 3.05) is 13.1 Å². The minimum atomic E-state index is -0.829. The van der Waals surface area contributed by atoms with E-state index in [4.69, 9.17) is 5.11 Å². The van der Waals surface area contributed by atoms with Crippen molar-refractivity contribution in [1.29, 1.82) is 0 Å². The number of urea groups is 1. The van der Waals surface area contributed by atoms with E-state index >= 15 is 0 Å². The van der Waals surface area contributed by atoms with Crippen molar-refractivity contribution in [3.05, 3.63) is 0 Å². The molecule has 0 atom stereocenters. The number of unbranched alkanes of at least 4 members (excludes halogenated alkanes) is 5. The first-order valence-corrected chi connectivity index (χ1v) is 6.90. The van der Waals surface area contributed by atoms with Gasteiger partial charge in [0.2, 0.25) is 0 Å². The van der Waals surface area contributed by atoms with Crippen molar-refractivity contribution in [2.24, 2.45) is 0 Å². The molecule has 0 aromatic rings. The predicted octanol–water partition coefficient (Wildman–Crippen LogP) is 2.51. The van der Waals surface area contributed by atoms with Crippen molar-refractivity contribution >= 4 is 12.0 Å². The molecular formula is C13H26N2O3. The first kappa shape index (κ1) is 16.7. The maximum Gasteiger partial charge on any atom is 0.314 e. The molecule has 0 unspecified atom stereocenters. The number of aliphatic carboxylic acids is 1. The molecule has 0 spiro atoms. The van der Waals surface area contributed by atoms with Gasteiger partial charge < -0.3 is 15.7 Å². The molecule has 0 saturated carbocycles. The zero-order chi connectivity index (χ0) is 13.6. The van der Waals surface area contributed by atoms with E-state index in [1.807, 2.05) is 0 Å². The van der Waals surface area contributed by atoms with Crippen LogP contribution in [0.5, 0.6) is 0 Å². The number of hydrogen-bond acceptors (Lipinski definition) is 2. The molecule has 0 aliphatic rings. The molecule has 0 heterocycles. The molecule has 0 aromatic carbocycles. The van der Waals surface area contributed by atoms with Gasteiger partial charge in [-0.15, -0.1) is 0 Å². The third kappa shape index (κ3) is 12.8. The van der Waals surface area contributed by atoms with Crippen LogP contribution >= 0.6 is 0 Å². The minimum Gasteiger partial charge on any atom is -0.481 e. The highest BCUT2D eigenvalue weighted by atomic mass is 16.4. The van der Waals surface area contributed by atoms with Crippen LogP contribution in [0.15, 0.2) is 0 Å². The fraction of sp³-hybridized carbons (Fsp3) is 0.846. The number of amides is 2. The highest BCUT2D eigenvalue weighted by molar-refractivity contribution is 5.73. The second kappa shape index (κ2) is 12.2. The highest BCUT2D eigenvalue weighted by Gasteiger charge is 2.00. The quantitative estimate of drug-likeness (QED) is 0.498. The van der Waals surface area contributed by atoms with E-state index in [-0.39, 0.29) is 12.5 Å².